The molecular weight excluding hydrogens is 366 g/mol. The van der Waals surface area contributed by atoms with Crippen LogP contribution >= 0.6 is 0 Å². The molecule has 0 bridgehead atoms. The third-order valence-electron chi connectivity index (χ3n) is 3.83. The highest BCUT2D eigenvalue weighted by Crippen LogP contribution is 2.20. The number of esters is 1. The predicted molar refractivity (Wildman–Crippen MR) is 103 cm³/mol. The van der Waals surface area contributed by atoms with Gasteiger partial charge in [0.2, 0.25) is 0 Å². The first-order valence-electron chi connectivity index (χ1n) is 7.92. The number of carbonyl (C=O) groups is 1. The Morgan fingerprint density at radius 1 is 1.07 bits per heavy atom. The van der Waals surface area contributed by atoms with Gasteiger partial charge in [-0.15, -0.1) is 0 Å². The Morgan fingerprint density at radius 2 is 1.70 bits per heavy atom. The van der Waals surface area contributed by atoms with Crippen LogP contribution in [0.25, 0.3) is 0 Å². The first kappa shape index (κ1) is 20.0. The quantitative estimate of drug-likeness (QED) is 0.449. The van der Waals surface area contributed by atoms with E-state index in [2.05, 4.69) is 14.8 Å². The zero-order chi connectivity index (χ0) is 20.0. The second kappa shape index (κ2) is 8.38. The summed E-state index contributed by atoms with van der Waals surface area (Å²) in [6, 6.07) is 12.9. The lowest BCUT2D eigenvalue weighted by Crippen LogP contribution is -2.13. The van der Waals surface area contributed by atoms with Crippen molar-refractivity contribution in [2.24, 2.45) is 0 Å². The Kier molecular flexibility index (Phi) is 6.21. The number of methoxy groups -OCH3 is 1. The molecule has 0 saturated heterocycles. The van der Waals surface area contributed by atoms with Gasteiger partial charge in [-0.05, 0) is 61.4 Å². The molecule has 0 aliphatic rings. The molecule has 0 heterocycles. The lowest BCUT2D eigenvalue weighted by Gasteiger charge is -2.10. The van der Waals surface area contributed by atoms with E-state index in [1.165, 1.54) is 37.6 Å². The topological polar surface area (TPSA) is 108 Å². The maximum atomic E-state index is 12.5. The predicted octanol–water partition coefficient (Wildman–Crippen LogP) is 3.10. The number of benzene rings is 2. The number of nitriles is 1. The molecule has 2 aromatic rings. The molecule has 2 N–H and O–H groups in total. The third-order valence-corrected chi connectivity index (χ3v) is 5.23. The van der Waals surface area contributed by atoms with Crippen molar-refractivity contribution in [1.82, 2.24) is 0 Å². The first-order chi connectivity index (χ1) is 12.8. The molecule has 7 nitrogen and oxygen atoms in total. The van der Waals surface area contributed by atoms with Gasteiger partial charge in [-0.2, -0.15) is 5.26 Å². The Bertz CT molecular complexity index is 1020. The maximum absolute atomic E-state index is 12.5. The van der Waals surface area contributed by atoms with Gasteiger partial charge in [-0.25, -0.2) is 13.2 Å². The van der Waals surface area contributed by atoms with Gasteiger partial charge in [0.25, 0.3) is 10.0 Å². The number of hydrogen-bond donors (Lipinski definition) is 2. The van der Waals surface area contributed by atoms with Crippen LogP contribution in [0.15, 0.2) is 59.1 Å². The number of carbonyl (C=O) groups excluding carboxylic acids is 1. The van der Waals surface area contributed by atoms with Crippen LogP contribution in [0.3, 0.4) is 0 Å². The minimum atomic E-state index is -3.73. The Labute approximate surface area is 158 Å². The van der Waals surface area contributed by atoms with Crippen LogP contribution in [0.1, 0.15) is 11.1 Å². The van der Waals surface area contributed by atoms with Gasteiger partial charge in [0.15, 0.2) is 5.57 Å². The molecule has 27 heavy (non-hydrogen) atoms. The summed E-state index contributed by atoms with van der Waals surface area (Å²) in [7, 11) is -2.56. The van der Waals surface area contributed by atoms with Crippen molar-refractivity contribution >= 4 is 27.4 Å². The molecule has 2 aromatic carbocycles. The van der Waals surface area contributed by atoms with Crippen molar-refractivity contribution in [1.29, 1.82) is 5.26 Å². The Hall–Kier alpha value is -3.31. The summed E-state index contributed by atoms with van der Waals surface area (Å²) in [6.07, 6.45) is 1.20. The summed E-state index contributed by atoms with van der Waals surface area (Å²) in [4.78, 5) is 11.4. The van der Waals surface area contributed by atoms with Crippen LogP contribution in [-0.2, 0) is 19.6 Å². The fourth-order valence-corrected chi connectivity index (χ4v) is 3.20. The van der Waals surface area contributed by atoms with Crippen LogP contribution < -0.4 is 10.0 Å². The molecule has 140 valence electrons. The fourth-order valence-electron chi connectivity index (χ4n) is 2.15. The number of ether oxygens (including phenoxy) is 1. The average molecular weight is 385 g/mol. The van der Waals surface area contributed by atoms with E-state index in [1.807, 2.05) is 19.9 Å². The van der Waals surface area contributed by atoms with E-state index in [0.717, 1.165) is 11.1 Å². The van der Waals surface area contributed by atoms with Crippen LogP contribution in [0.5, 0.6) is 0 Å². The highest BCUT2D eigenvalue weighted by molar-refractivity contribution is 7.92. The smallest absolute Gasteiger partial charge is 0.350 e. The molecule has 0 atom stereocenters. The summed E-state index contributed by atoms with van der Waals surface area (Å²) in [5.41, 5.74) is 2.85. The van der Waals surface area contributed by atoms with Gasteiger partial charge in [-0.1, -0.05) is 6.07 Å². The second-order valence-corrected chi connectivity index (χ2v) is 7.42. The van der Waals surface area contributed by atoms with E-state index < -0.39 is 16.0 Å². The van der Waals surface area contributed by atoms with Crippen molar-refractivity contribution in [3.05, 3.63) is 65.4 Å². The van der Waals surface area contributed by atoms with Crippen molar-refractivity contribution in [2.45, 2.75) is 18.7 Å². The first-order valence-corrected chi connectivity index (χ1v) is 9.40. The summed E-state index contributed by atoms with van der Waals surface area (Å²) < 4.78 is 32.0. The number of sulfonamides is 1. The monoisotopic (exact) mass is 385 g/mol. The van der Waals surface area contributed by atoms with Gasteiger partial charge >= 0.3 is 5.97 Å². The zero-order valence-electron chi connectivity index (χ0n) is 15.1. The molecule has 0 unspecified atom stereocenters. The van der Waals surface area contributed by atoms with Crippen molar-refractivity contribution in [3.8, 4) is 6.07 Å². The SMILES string of the molecule is COC(=O)/C(C#N)=C\Nc1ccc(S(=O)(=O)Nc2ccc(C)c(C)c2)cc1. The van der Waals surface area contributed by atoms with Crippen LogP contribution in [-0.4, -0.2) is 21.5 Å². The molecule has 0 spiro atoms. The summed E-state index contributed by atoms with van der Waals surface area (Å²) in [6.45, 7) is 3.86. The van der Waals surface area contributed by atoms with Crippen molar-refractivity contribution in [3.63, 3.8) is 0 Å². The molecule has 0 saturated carbocycles. The van der Waals surface area contributed by atoms with Gasteiger partial charge in [0, 0.05) is 17.6 Å². The highest BCUT2D eigenvalue weighted by atomic mass is 32.2. The van der Waals surface area contributed by atoms with E-state index in [1.54, 1.807) is 18.2 Å². The van der Waals surface area contributed by atoms with E-state index >= 15 is 0 Å². The number of nitrogens with one attached hydrogen (secondary N) is 2. The third kappa shape index (κ3) is 5.09. The normalized spacial score (nSPS) is 11.4. The molecule has 0 aliphatic carbocycles. The number of nitrogens with zero attached hydrogens (tertiary/aromatic N) is 1. The van der Waals surface area contributed by atoms with Crippen LogP contribution in [0.4, 0.5) is 11.4 Å². The molecule has 0 aromatic heterocycles. The van der Waals surface area contributed by atoms with Crippen molar-refractivity contribution in [2.75, 3.05) is 17.1 Å². The van der Waals surface area contributed by atoms with Gasteiger partial charge < -0.3 is 10.1 Å². The van der Waals surface area contributed by atoms with E-state index in [-0.39, 0.29) is 10.5 Å². The molecule has 0 aliphatic heterocycles. The maximum Gasteiger partial charge on any atom is 0.350 e. The minimum Gasteiger partial charge on any atom is -0.465 e. The number of anilines is 2. The Balaban J connectivity index is 2.15. The van der Waals surface area contributed by atoms with E-state index in [0.29, 0.717) is 11.4 Å². The summed E-state index contributed by atoms with van der Waals surface area (Å²) in [5, 5.41) is 11.6. The van der Waals surface area contributed by atoms with Crippen LogP contribution in [0, 0.1) is 25.2 Å². The van der Waals surface area contributed by atoms with Crippen molar-refractivity contribution < 1.29 is 17.9 Å². The summed E-state index contributed by atoms with van der Waals surface area (Å²) in [5.74, 6) is -0.762. The van der Waals surface area contributed by atoms with E-state index in [4.69, 9.17) is 5.26 Å². The zero-order valence-corrected chi connectivity index (χ0v) is 15.9. The second-order valence-electron chi connectivity index (χ2n) is 5.73. The van der Waals surface area contributed by atoms with Crippen LogP contribution in [0.2, 0.25) is 0 Å². The largest absolute Gasteiger partial charge is 0.465 e. The van der Waals surface area contributed by atoms with Gasteiger partial charge in [0.05, 0.1) is 12.0 Å². The molecule has 0 amide bonds. The number of aryl methyl sites for hydroxylation is 2. The number of hydrogen-bond acceptors (Lipinski definition) is 6. The molecule has 2 rings (SSSR count). The molecule has 0 fully saturated rings. The molecule has 0 radical (unpaired) electrons. The molecule has 8 heteroatoms. The molecular formula is C19H19N3O4S. The lowest BCUT2D eigenvalue weighted by atomic mass is 10.1. The van der Waals surface area contributed by atoms with Gasteiger partial charge in [0.1, 0.15) is 6.07 Å². The van der Waals surface area contributed by atoms with E-state index in [9.17, 15) is 13.2 Å². The minimum absolute atomic E-state index is 0.0868. The lowest BCUT2D eigenvalue weighted by molar-refractivity contribution is -0.135. The average Bonchev–Trinajstić information content (AvgIpc) is 2.65. The standard InChI is InChI=1S/C19H19N3O4S/c1-13-4-5-17(10-14(13)2)22-27(24,25)18-8-6-16(7-9-18)21-12-15(11-20)19(23)26-3/h4-10,12,21-22H,1-3H3/b15-12-. The fraction of sp³-hybridized carbons (Fsp3) is 0.158. The van der Waals surface area contributed by atoms with Gasteiger partial charge in [-0.3, -0.25) is 4.72 Å². The Morgan fingerprint density at radius 3 is 2.26 bits per heavy atom. The highest BCUT2D eigenvalue weighted by Gasteiger charge is 2.14. The summed E-state index contributed by atoms with van der Waals surface area (Å²) >= 11 is 0. The number of rotatable bonds is 6.